The quantitative estimate of drug-likeness (QED) is 0.406. The second-order valence-electron chi connectivity index (χ2n) is 2.24. The monoisotopic (exact) mass is 206 g/mol. The van der Waals surface area contributed by atoms with E-state index in [0.29, 0.717) is 0 Å². The summed E-state index contributed by atoms with van der Waals surface area (Å²) in [4.78, 5) is 17.5. The molecule has 0 unspecified atom stereocenters. The second-order valence-corrected chi connectivity index (χ2v) is 2.24. The van der Waals surface area contributed by atoms with Gasteiger partial charge in [-0.2, -0.15) is 13.2 Å². The highest BCUT2D eigenvalue weighted by Crippen LogP contribution is 2.19. The summed E-state index contributed by atoms with van der Waals surface area (Å²) >= 11 is 0. The van der Waals surface area contributed by atoms with Gasteiger partial charge in [0, 0.05) is 12.4 Å². The molecular formula is C6H5F3N4O. The Morgan fingerprint density at radius 2 is 2.07 bits per heavy atom. The molecule has 0 saturated carbocycles. The minimum atomic E-state index is -5.02. The number of nitrogens with zero attached hydrogens (tertiary/aromatic N) is 3. The van der Waals surface area contributed by atoms with Crippen molar-refractivity contribution in [2.24, 2.45) is 5.84 Å². The summed E-state index contributed by atoms with van der Waals surface area (Å²) in [6.45, 7) is 0. The average molecular weight is 206 g/mol. The summed E-state index contributed by atoms with van der Waals surface area (Å²) in [7, 11) is 0. The van der Waals surface area contributed by atoms with Crippen molar-refractivity contribution in [3.8, 4) is 0 Å². The van der Waals surface area contributed by atoms with Gasteiger partial charge in [-0.25, -0.2) is 15.8 Å². The molecular weight excluding hydrogens is 201 g/mol. The van der Waals surface area contributed by atoms with Crippen LogP contribution < -0.4 is 10.9 Å². The first-order valence-electron chi connectivity index (χ1n) is 3.35. The van der Waals surface area contributed by atoms with Crippen LogP contribution in [-0.2, 0) is 4.79 Å². The maximum Gasteiger partial charge on any atom is 0.473 e. The zero-order valence-corrected chi connectivity index (χ0v) is 6.69. The predicted molar refractivity (Wildman–Crippen MR) is 39.8 cm³/mol. The Morgan fingerprint density at radius 3 is 2.50 bits per heavy atom. The van der Waals surface area contributed by atoms with Gasteiger partial charge in [-0.3, -0.25) is 9.78 Å². The summed E-state index contributed by atoms with van der Waals surface area (Å²) in [5, 5.41) is -0.104. The zero-order chi connectivity index (χ0) is 10.8. The molecule has 2 N–H and O–H groups in total. The molecule has 1 aromatic heterocycles. The van der Waals surface area contributed by atoms with Gasteiger partial charge in [0.05, 0.1) is 6.20 Å². The normalized spacial score (nSPS) is 11.1. The van der Waals surface area contributed by atoms with Gasteiger partial charge >= 0.3 is 12.1 Å². The lowest BCUT2D eigenvalue weighted by Crippen LogP contribution is -2.46. The van der Waals surface area contributed by atoms with Crippen LogP contribution >= 0.6 is 0 Å². The SMILES string of the molecule is NN(C(=O)C(F)(F)F)c1cnccn1. The van der Waals surface area contributed by atoms with E-state index >= 15 is 0 Å². The van der Waals surface area contributed by atoms with Crippen LogP contribution in [0.2, 0.25) is 0 Å². The number of anilines is 1. The van der Waals surface area contributed by atoms with E-state index in [1.807, 2.05) is 0 Å². The Kier molecular flexibility index (Phi) is 2.65. The van der Waals surface area contributed by atoms with Gasteiger partial charge in [-0.1, -0.05) is 0 Å². The van der Waals surface area contributed by atoms with Crippen LogP contribution in [0.1, 0.15) is 0 Å². The van der Waals surface area contributed by atoms with Gasteiger partial charge in [0.25, 0.3) is 0 Å². The van der Waals surface area contributed by atoms with Crippen LogP contribution in [0.4, 0.5) is 19.0 Å². The Balaban J connectivity index is 2.87. The molecule has 0 spiro atoms. The highest BCUT2D eigenvalue weighted by atomic mass is 19.4. The van der Waals surface area contributed by atoms with Gasteiger partial charge in [-0.05, 0) is 0 Å². The highest BCUT2D eigenvalue weighted by Gasteiger charge is 2.42. The number of aromatic nitrogens is 2. The fraction of sp³-hybridized carbons (Fsp3) is 0.167. The second kappa shape index (κ2) is 3.58. The van der Waals surface area contributed by atoms with E-state index < -0.39 is 12.1 Å². The van der Waals surface area contributed by atoms with E-state index in [1.165, 1.54) is 6.20 Å². The maximum atomic E-state index is 11.9. The van der Waals surface area contributed by atoms with E-state index in [9.17, 15) is 18.0 Å². The molecule has 5 nitrogen and oxygen atoms in total. The van der Waals surface area contributed by atoms with Crippen LogP contribution in [0.5, 0.6) is 0 Å². The molecule has 0 atom stereocenters. The third-order valence-electron chi connectivity index (χ3n) is 1.26. The van der Waals surface area contributed by atoms with Crippen molar-refractivity contribution in [3.05, 3.63) is 18.6 Å². The minimum Gasteiger partial charge on any atom is -0.262 e. The average Bonchev–Trinajstić information content (AvgIpc) is 2.15. The van der Waals surface area contributed by atoms with Gasteiger partial charge < -0.3 is 0 Å². The van der Waals surface area contributed by atoms with Gasteiger partial charge in [0.1, 0.15) is 0 Å². The predicted octanol–water partition coefficient (Wildman–Crippen LogP) is 0.246. The topological polar surface area (TPSA) is 72.1 Å². The van der Waals surface area contributed by atoms with Crippen molar-refractivity contribution in [1.29, 1.82) is 0 Å². The molecule has 0 fully saturated rings. The maximum absolute atomic E-state index is 11.9. The summed E-state index contributed by atoms with van der Waals surface area (Å²) < 4.78 is 35.6. The smallest absolute Gasteiger partial charge is 0.262 e. The summed E-state index contributed by atoms with van der Waals surface area (Å²) in [5.74, 6) is 2.32. The zero-order valence-electron chi connectivity index (χ0n) is 6.69. The number of alkyl halides is 3. The van der Waals surface area contributed by atoms with Crippen LogP contribution in [-0.4, -0.2) is 22.1 Å². The van der Waals surface area contributed by atoms with Crippen LogP contribution in [0.25, 0.3) is 0 Å². The van der Waals surface area contributed by atoms with Crippen LogP contribution in [0.15, 0.2) is 18.6 Å². The molecule has 1 heterocycles. The minimum absolute atomic E-state index is 0.104. The van der Waals surface area contributed by atoms with Crippen LogP contribution in [0, 0.1) is 0 Å². The third kappa shape index (κ3) is 2.16. The molecule has 0 aromatic carbocycles. The van der Waals surface area contributed by atoms with Gasteiger partial charge in [0.15, 0.2) is 5.82 Å². The van der Waals surface area contributed by atoms with Crippen LogP contribution in [0.3, 0.4) is 0 Å². The molecule has 14 heavy (non-hydrogen) atoms. The molecule has 8 heteroatoms. The van der Waals surface area contributed by atoms with E-state index in [2.05, 4.69) is 9.97 Å². The largest absolute Gasteiger partial charge is 0.473 e. The molecule has 1 aromatic rings. The number of hydrogen-bond donors (Lipinski definition) is 1. The van der Waals surface area contributed by atoms with Crippen molar-refractivity contribution in [2.75, 3.05) is 5.01 Å². The number of halogens is 3. The molecule has 0 aliphatic rings. The van der Waals surface area contributed by atoms with E-state index in [1.54, 1.807) is 0 Å². The molecule has 0 radical (unpaired) electrons. The molecule has 0 saturated heterocycles. The molecule has 0 aliphatic carbocycles. The molecule has 1 amide bonds. The van der Waals surface area contributed by atoms with E-state index in [0.717, 1.165) is 12.4 Å². The Hall–Kier alpha value is -1.70. The summed E-state index contributed by atoms with van der Waals surface area (Å²) in [5.41, 5.74) is 0. The first kappa shape index (κ1) is 10.4. The number of hydrazine groups is 1. The van der Waals surface area contributed by atoms with E-state index in [-0.39, 0.29) is 10.8 Å². The van der Waals surface area contributed by atoms with Gasteiger partial charge in [-0.15, -0.1) is 0 Å². The Labute approximate surface area is 76.3 Å². The van der Waals surface area contributed by atoms with Crippen molar-refractivity contribution in [3.63, 3.8) is 0 Å². The fourth-order valence-corrected chi connectivity index (χ4v) is 0.656. The lowest BCUT2D eigenvalue weighted by Gasteiger charge is -2.15. The number of carbonyl (C=O) groups excluding carboxylic acids is 1. The van der Waals surface area contributed by atoms with Crippen molar-refractivity contribution in [2.45, 2.75) is 6.18 Å². The molecule has 0 bridgehead atoms. The summed E-state index contributed by atoms with van der Waals surface area (Å²) in [6.07, 6.45) is -1.70. The number of carbonyl (C=O) groups is 1. The standard InChI is InChI=1S/C6H5F3N4O/c7-6(8,9)5(14)13(10)4-3-11-1-2-12-4/h1-3H,10H2. The lowest BCUT2D eigenvalue weighted by atomic mass is 10.5. The number of amides is 1. The first-order valence-corrected chi connectivity index (χ1v) is 3.35. The molecule has 0 aliphatic heterocycles. The Morgan fingerprint density at radius 1 is 1.43 bits per heavy atom. The first-order chi connectivity index (χ1) is 6.43. The number of nitrogens with two attached hydrogens (primary N) is 1. The van der Waals surface area contributed by atoms with Crippen molar-refractivity contribution >= 4 is 11.7 Å². The summed E-state index contributed by atoms with van der Waals surface area (Å²) in [6, 6.07) is 0. The number of rotatable bonds is 1. The molecule has 1 rings (SSSR count). The lowest BCUT2D eigenvalue weighted by molar-refractivity contribution is -0.170. The fourth-order valence-electron chi connectivity index (χ4n) is 0.656. The van der Waals surface area contributed by atoms with Gasteiger partial charge in [0.2, 0.25) is 0 Å². The van der Waals surface area contributed by atoms with Crippen molar-refractivity contribution in [1.82, 2.24) is 9.97 Å². The van der Waals surface area contributed by atoms with Crippen molar-refractivity contribution < 1.29 is 18.0 Å². The highest BCUT2D eigenvalue weighted by molar-refractivity contribution is 5.95. The number of hydrogen-bond acceptors (Lipinski definition) is 4. The van der Waals surface area contributed by atoms with E-state index in [4.69, 9.17) is 5.84 Å². The molecule has 76 valence electrons. The third-order valence-corrected chi connectivity index (χ3v) is 1.26. The Bertz CT molecular complexity index is 326.